The summed E-state index contributed by atoms with van der Waals surface area (Å²) in [5.74, 6) is 0.126. The molecular formula is C20H20N2O3S2. The van der Waals surface area contributed by atoms with Crippen LogP contribution in [0.25, 0.3) is 0 Å². The van der Waals surface area contributed by atoms with Crippen LogP contribution in [0.2, 0.25) is 0 Å². The van der Waals surface area contributed by atoms with Crippen molar-refractivity contribution in [3.63, 3.8) is 0 Å². The second kappa shape index (κ2) is 7.94. The molecule has 1 amide bonds. The highest BCUT2D eigenvalue weighted by Crippen LogP contribution is 2.22. The average molecular weight is 401 g/mol. The van der Waals surface area contributed by atoms with Crippen LogP contribution in [0.15, 0.2) is 70.3 Å². The van der Waals surface area contributed by atoms with Crippen molar-refractivity contribution in [2.75, 3.05) is 10.0 Å². The standard InChI is InChI=1S/C20H20N2O3S2/c1-14(2)16-5-3-6-18(13-16)21-20(23)15-8-10-17(11-9-15)22-27(24,25)19-7-4-12-26-19/h3-14,22H,1-2H3,(H,21,23). The first kappa shape index (κ1) is 19.1. The molecule has 140 valence electrons. The predicted octanol–water partition coefficient (Wildman–Crippen LogP) is 4.92. The highest BCUT2D eigenvalue weighted by Gasteiger charge is 2.15. The molecular weight excluding hydrogens is 380 g/mol. The molecule has 0 atom stereocenters. The Morgan fingerprint density at radius 1 is 0.963 bits per heavy atom. The number of hydrogen-bond donors (Lipinski definition) is 2. The van der Waals surface area contributed by atoms with Crippen LogP contribution >= 0.6 is 11.3 Å². The minimum atomic E-state index is -3.60. The highest BCUT2D eigenvalue weighted by atomic mass is 32.2. The van der Waals surface area contributed by atoms with Crippen molar-refractivity contribution in [1.82, 2.24) is 0 Å². The lowest BCUT2D eigenvalue weighted by Crippen LogP contribution is -2.13. The van der Waals surface area contributed by atoms with Gasteiger partial charge in [0.1, 0.15) is 4.21 Å². The third-order valence-corrected chi connectivity index (χ3v) is 6.75. The van der Waals surface area contributed by atoms with Gasteiger partial charge in [0.05, 0.1) is 0 Å². The Hall–Kier alpha value is -2.64. The van der Waals surface area contributed by atoms with Crippen molar-refractivity contribution in [2.45, 2.75) is 24.0 Å². The van der Waals surface area contributed by atoms with Gasteiger partial charge < -0.3 is 5.32 Å². The lowest BCUT2D eigenvalue weighted by molar-refractivity contribution is 0.102. The van der Waals surface area contributed by atoms with Crippen LogP contribution in [0.1, 0.15) is 35.7 Å². The monoisotopic (exact) mass is 400 g/mol. The Morgan fingerprint density at radius 2 is 1.70 bits per heavy atom. The van der Waals surface area contributed by atoms with Gasteiger partial charge in [-0.25, -0.2) is 8.42 Å². The Labute approximate surface area is 163 Å². The van der Waals surface area contributed by atoms with Crippen molar-refractivity contribution in [3.05, 3.63) is 77.2 Å². The SMILES string of the molecule is CC(C)c1cccc(NC(=O)c2ccc(NS(=O)(=O)c3cccs3)cc2)c1. The Morgan fingerprint density at radius 3 is 2.33 bits per heavy atom. The fourth-order valence-electron chi connectivity index (χ4n) is 2.49. The Kier molecular flexibility index (Phi) is 5.62. The molecule has 2 N–H and O–H groups in total. The van der Waals surface area contributed by atoms with Crippen LogP contribution in [-0.4, -0.2) is 14.3 Å². The predicted molar refractivity (Wildman–Crippen MR) is 110 cm³/mol. The van der Waals surface area contributed by atoms with Gasteiger partial charge >= 0.3 is 0 Å². The molecule has 0 aliphatic rings. The first-order chi connectivity index (χ1) is 12.8. The molecule has 1 aromatic heterocycles. The normalized spacial score (nSPS) is 11.4. The van der Waals surface area contributed by atoms with E-state index in [0.29, 0.717) is 17.2 Å². The maximum Gasteiger partial charge on any atom is 0.271 e. The summed E-state index contributed by atoms with van der Waals surface area (Å²) in [6.45, 7) is 4.19. The van der Waals surface area contributed by atoms with Gasteiger partial charge in [0.2, 0.25) is 0 Å². The number of hydrogen-bond acceptors (Lipinski definition) is 4. The molecule has 7 heteroatoms. The second-order valence-corrected chi connectivity index (χ2v) is 9.21. The molecule has 3 rings (SSSR count). The molecule has 0 aliphatic heterocycles. The molecule has 1 heterocycles. The van der Waals surface area contributed by atoms with Gasteiger partial charge in [-0.1, -0.05) is 32.0 Å². The molecule has 0 saturated carbocycles. The van der Waals surface area contributed by atoms with E-state index >= 15 is 0 Å². The van der Waals surface area contributed by atoms with E-state index in [1.807, 2.05) is 24.3 Å². The van der Waals surface area contributed by atoms with Crippen LogP contribution in [0.4, 0.5) is 11.4 Å². The molecule has 0 bridgehead atoms. The minimum absolute atomic E-state index is 0.245. The Bertz CT molecular complexity index is 1030. The molecule has 0 radical (unpaired) electrons. The van der Waals surface area contributed by atoms with E-state index in [9.17, 15) is 13.2 Å². The van der Waals surface area contributed by atoms with Gasteiger partial charge in [-0.05, 0) is 59.3 Å². The summed E-state index contributed by atoms with van der Waals surface area (Å²) in [5.41, 5.74) is 2.73. The fraction of sp³-hybridized carbons (Fsp3) is 0.150. The molecule has 27 heavy (non-hydrogen) atoms. The molecule has 0 unspecified atom stereocenters. The number of anilines is 2. The lowest BCUT2D eigenvalue weighted by Gasteiger charge is -2.10. The molecule has 0 aliphatic carbocycles. The first-order valence-corrected chi connectivity index (χ1v) is 10.8. The van der Waals surface area contributed by atoms with E-state index in [0.717, 1.165) is 22.6 Å². The summed E-state index contributed by atoms with van der Waals surface area (Å²) < 4.78 is 27.2. The maximum atomic E-state index is 12.4. The largest absolute Gasteiger partial charge is 0.322 e. The summed E-state index contributed by atoms with van der Waals surface area (Å²) in [5, 5.41) is 4.57. The first-order valence-electron chi connectivity index (χ1n) is 8.43. The van der Waals surface area contributed by atoms with Crippen molar-refractivity contribution in [3.8, 4) is 0 Å². The molecule has 5 nitrogen and oxygen atoms in total. The number of thiophene rings is 1. The lowest BCUT2D eigenvalue weighted by atomic mass is 10.0. The zero-order valence-electron chi connectivity index (χ0n) is 15.0. The van der Waals surface area contributed by atoms with E-state index in [1.54, 1.807) is 41.8 Å². The number of amides is 1. The molecule has 2 aromatic carbocycles. The zero-order chi connectivity index (χ0) is 19.4. The second-order valence-electron chi connectivity index (χ2n) is 6.35. The summed E-state index contributed by atoms with van der Waals surface area (Å²) >= 11 is 1.15. The van der Waals surface area contributed by atoms with E-state index in [4.69, 9.17) is 0 Å². The molecule has 0 spiro atoms. The number of sulfonamides is 1. The van der Waals surface area contributed by atoms with Gasteiger partial charge in [-0.2, -0.15) is 0 Å². The van der Waals surface area contributed by atoms with Gasteiger partial charge in [0.15, 0.2) is 0 Å². The van der Waals surface area contributed by atoms with Gasteiger partial charge in [-0.15, -0.1) is 11.3 Å². The van der Waals surface area contributed by atoms with Crippen LogP contribution < -0.4 is 10.0 Å². The van der Waals surface area contributed by atoms with Crippen LogP contribution in [-0.2, 0) is 10.0 Å². The quantitative estimate of drug-likeness (QED) is 0.616. The smallest absolute Gasteiger partial charge is 0.271 e. The van der Waals surface area contributed by atoms with Crippen LogP contribution in [0.5, 0.6) is 0 Å². The number of benzene rings is 2. The number of carbonyl (C=O) groups is 1. The maximum absolute atomic E-state index is 12.4. The number of nitrogens with one attached hydrogen (secondary N) is 2. The van der Waals surface area contributed by atoms with Crippen molar-refractivity contribution < 1.29 is 13.2 Å². The van der Waals surface area contributed by atoms with E-state index < -0.39 is 10.0 Å². The van der Waals surface area contributed by atoms with E-state index in [2.05, 4.69) is 23.9 Å². The van der Waals surface area contributed by atoms with E-state index in [1.165, 1.54) is 0 Å². The summed E-state index contributed by atoms with van der Waals surface area (Å²) in [6, 6.07) is 17.3. The third kappa shape index (κ3) is 4.75. The summed E-state index contributed by atoms with van der Waals surface area (Å²) in [6.07, 6.45) is 0. The number of carbonyl (C=O) groups excluding carboxylic acids is 1. The van der Waals surface area contributed by atoms with E-state index in [-0.39, 0.29) is 10.1 Å². The molecule has 0 fully saturated rings. The highest BCUT2D eigenvalue weighted by molar-refractivity contribution is 7.94. The topological polar surface area (TPSA) is 75.3 Å². The average Bonchev–Trinajstić information content (AvgIpc) is 3.18. The van der Waals surface area contributed by atoms with Crippen molar-refractivity contribution in [2.24, 2.45) is 0 Å². The number of rotatable bonds is 6. The van der Waals surface area contributed by atoms with Gasteiger partial charge in [-0.3, -0.25) is 9.52 Å². The van der Waals surface area contributed by atoms with Gasteiger partial charge in [0, 0.05) is 16.9 Å². The van der Waals surface area contributed by atoms with Crippen LogP contribution in [0.3, 0.4) is 0 Å². The van der Waals surface area contributed by atoms with Crippen molar-refractivity contribution >= 4 is 38.6 Å². The van der Waals surface area contributed by atoms with Gasteiger partial charge in [0.25, 0.3) is 15.9 Å². The fourth-order valence-corrected chi connectivity index (χ4v) is 4.54. The molecule has 3 aromatic rings. The Balaban J connectivity index is 1.70. The minimum Gasteiger partial charge on any atom is -0.322 e. The summed E-state index contributed by atoms with van der Waals surface area (Å²) in [4.78, 5) is 12.4. The van der Waals surface area contributed by atoms with Crippen molar-refractivity contribution in [1.29, 1.82) is 0 Å². The van der Waals surface area contributed by atoms with Crippen LogP contribution in [0, 0.1) is 0 Å². The molecule has 0 saturated heterocycles. The summed E-state index contributed by atoms with van der Waals surface area (Å²) in [7, 11) is -3.60. The third-order valence-electron chi connectivity index (χ3n) is 3.97. The zero-order valence-corrected chi connectivity index (χ0v) is 16.6.